The monoisotopic (exact) mass is 399 g/mol. The van der Waals surface area contributed by atoms with Gasteiger partial charge in [-0.05, 0) is 60.2 Å². The zero-order chi connectivity index (χ0) is 19.5. The highest BCUT2D eigenvalue weighted by Gasteiger charge is 2.32. The molecule has 28 heavy (non-hydrogen) atoms. The van der Waals surface area contributed by atoms with Crippen LogP contribution in [0.5, 0.6) is 5.75 Å². The lowest BCUT2D eigenvalue weighted by atomic mass is 10.0. The molecule has 146 valence electrons. The third-order valence-electron chi connectivity index (χ3n) is 5.02. The van der Waals surface area contributed by atoms with Crippen LogP contribution in [-0.4, -0.2) is 35.7 Å². The Hall–Kier alpha value is -2.44. The minimum atomic E-state index is -0.700. The van der Waals surface area contributed by atoms with Gasteiger partial charge in [-0.1, -0.05) is 12.1 Å². The van der Waals surface area contributed by atoms with E-state index in [2.05, 4.69) is 23.1 Å². The topological polar surface area (TPSA) is 49.8 Å². The van der Waals surface area contributed by atoms with Crippen molar-refractivity contribution in [3.8, 4) is 5.75 Å². The summed E-state index contributed by atoms with van der Waals surface area (Å²) in [5, 5.41) is 10.2. The highest BCUT2D eigenvalue weighted by atomic mass is 32.1. The summed E-state index contributed by atoms with van der Waals surface area (Å²) in [6.45, 7) is 2.68. The summed E-state index contributed by atoms with van der Waals surface area (Å²) in [6, 6.07) is 14.9. The molecule has 0 unspecified atom stereocenters. The molecule has 0 atom stereocenters. The summed E-state index contributed by atoms with van der Waals surface area (Å²) in [6.07, 6.45) is 1.73. The summed E-state index contributed by atoms with van der Waals surface area (Å²) >= 11 is 1.73. The fourth-order valence-corrected chi connectivity index (χ4v) is 4.56. The summed E-state index contributed by atoms with van der Waals surface area (Å²) in [4.78, 5) is 14.3. The summed E-state index contributed by atoms with van der Waals surface area (Å²) in [5.41, 5.74) is 1.11. The van der Waals surface area contributed by atoms with Crippen LogP contribution in [-0.2, 0) is 17.8 Å². The number of rotatable bonds is 8. The molecule has 0 amide bonds. The largest absolute Gasteiger partial charge is 0.494 e. The van der Waals surface area contributed by atoms with Gasteiger partial charge in [0.15, 0.2) is 0 Å². The van der Waals surface area contributed by atoms with Crippen LogP contribution in [0.15, 0.2) is 48.5 Å². The second kappa shape index (κ2) is 8.29. The van der Waals surface area contributed by atoms with Gasteiger partial charge in [0.1, 0.15) is 11.6 Å². The van der Waals surface area contributed by atoms with Crippen molar-refractivity contribution in [1.82, 2.24) is 4.90 Å². The molecule has 4 rings (SSSR count). The van der Waals surface area contributed by atoms with Gasteiger partial charge < -0.3 is 9.84 Å². The maximum absolute atomic E-state index is 12.9. The van der Waals surface area contributed by atoms with E-state index in [1.165, 1.54) is 27.1 Å². The van der Waals surface area contributed by atoms with E-state index in [4.69, 9.17) is 9.84 Å². The zero-order valence-electron chi connectivity index (χ0n) is 15.4. The first-order valence-electron chi connectivity index (χ1n) is 9.42. The Balaban J connectivity index is 1.28. The van der Waals surface area contributed by atoms with Gasteiger partial charge in [-0.3, -0.25) is 9.69 Å². The van der Waals surface area contributed by atoms with Crippen molar-refractivity contribution in [2.75, 3.05) is 19.7 Å². The number of likely N-dealkylation sites (tertiary alicyclic amines) is 1. The molecule has 4 nitrogen and oxygen atoms in total. The standard InChI is InChI=1S/C22H22FNO3S/c23-18-6-3-15(4-7-18)2-1-9-27-19-8-5-16-10-20(28-21(16)11-19)14-24-12-17(13-24)22(25)26/h3-8,10-11,17H,1-2,9,12-14H2,(H,25,26). The molecule has 1 aromatic heterocycles. The fraction of sp³-hybridized carbons (Fsp3) is 0.318. The van der Waals surface area contributed by atoms with Crippen LogP contribution in [0.4, 0.5) is 4.39 Å². The molecule has 6 heteroatoms. The van der Waals surface area contributed by atoms with Gasteiger partial charge in [0, 0.05) is 29.2 Å². The summed E-state index contributed by atoms with van der Waals surface area (Å²) < 4.78 is 20.0. The van der Waals surface area contributed by atoms with E-state index in [1.807, 2.05) is 18.2 Å². The van der Waals surface area contributed by atoms with Gasteiger partial charge in [-0.15, -0.1) is 11.3 Å². The first-order chi connectivity index (χ1) is 13.6. The van der Waals surface area contributed by atoms with Gasteiger partial charge in [0.2, 0.25) is 0 Å². The summed E-state index contributed by atoms with van der Waals surface area (Å²) in [5.74, 6) is -0.271. The van der Waals surface area contributed by atoms with E-state index in [0.29, 0.717) is 19.7 Å². The number of thiophene rings is 1. The highest BCUT2D eigenvalue weighted by molar-refractivity contribution is 7.19. The molecule has 0 saturated carbocycles. The Morgan fingerprint density at radius 2 is 1.96 bits per heavy atom. The molecular weight excluding hydrogens is 377 g/mol. The highest BCUT2D eigenvalue weighted by Crippen LogP contribution is 2.31. The number of aryl methyl sites for hydroxylation is 1. The van der Waals surface area contributed by atoms with E-state index in [9.17, 15) is 9.18 Å². The molecule has 0 radical (unpaired) electrons. The molecule has 3 aromatic rings. The molecule has 1 saturated heterocycles. The molecular formula is C22H22FNO3S. The van der Waals surface area contributed by atoms with Gasteiger partial charge in [-0.25, -0.2) is 4.39 Å². The molecule has 0 aliphatic carbocycles. The van der Waals surface area contributed by atoms with E-state index >= 15 is 0 Å². The third kappa shape index (κ3) is 4.51. The van der Waals surface area contributed by atoms with E-state index in [1.54, 1.807) is 11.3 Å². The minimum Gasteiger partial charge on any atom is -0.494 e. The van der Waals surface area contributed by atoms with Crippen molar-refractivity contribution in [1.29, 1.82) is 0 Å². The van der Waals surface area contributed by atoms with Crippen molar-refractivity contribution < 1.29 is 19.0 Å². The number of halogens is 1. The van der Waals surface area contributed by atoms with E-state index in [-0.39, 0.29) is 11.7 Å². The second-order valence-electron chi connectivity index (χ2n) is 7.22. The smallest absolute Gasteiger partial charge is 0.309 e. The van der Waals surface area contributed by atoms with E-state index in [0.717, 1.165) is 30.7 Å². The molecule has 0 spiro atoms. The molecule has 1 N–H and O–H groups in total. The van der Waals surface area contributed by atoms with Gasteiger partial charge in [0.25, 0.3) is 0 Å². The quantitative estimate of drug-likeness (QED) is 0.564. The Bertz CT molecular complexity index is 964. The molecule has 2 heterocycles. The normalized spacial score (nSPS) is 14.9. The van der Waals surface area contributed by atoms with Gasteiger partial charge in [-0.2, -0.15) is 0 Å². The molecule has 1 fully saturated rings. The van der Waals surface area contributed by atoms with Crippen LogP contribution in [0, 0.1) is 11.7 Å². The number of carboxylic acids is 1. The van der Waals surface area contributed by atoms with Crippen LogP contribution < -0.4 is 4.74 Å². The number of carboxylic acid groups (broad SMARTS) is 1. The average molecular weight is 399 g/mol. The number of hydrogen-bond acceptors (Lipinski definition) is 4. The van der Waals surface area contributed by atoms with Crippen LogP contribution in [0.1, 0.15) is 16.9 Å². The number of fused-ring (bicyclic) bond motifs is 1. The number of benzene rings is 2. The number of ether oxygens (including phenoxy) is 1. The first kappa shape index (κ1) is 18.9. The van der Waals surface area contributed by atoms with Gasteiger partial charge >= 0.3 is 5.97 Å². The Labute approximate surface area is 167 Å². The van der Waals surface area contributed by atoms with Crippen LogP contribution in [0.2, 0.25) is 0 Å². The molecule has 1 aliphatic rings. The van der Waals surface area contributed by atoms with Crippen LogP contribution >= 0.6 is 11.3 Å². The second-order valence-corrected chi connectivity index (χ2v) is 8.39. The van der Waals surface area contributed by atoms with Crippen molar-refractivity contribution in [3.63, 3.8) is 0 Å². The number of carbonyl (C=O) groups is 1. The Morgan fingerprint density at radius 3 is 2.71 bits per heavy atom. The predicted molar refractivity (Wildman–Crippen MR) is 108 cm³/mol. The zero-order valence-corrected chi connectivity index (χ0v) is 16.3. The Kier molecular flexibility index (Phi) is 5.59. The first-order valence-corrected chi connectivity index (χ1v) is 10.2. The molecule has 0 bridgehead atoms. The number of nitrogens with zero attached hydrogens (tertiary/aromatic N) is 1. The van der Waals surface area contributed by atoms with Crippen molar-refractivity contribution in [2.24, 2.45) is 5.92 Å². The minimum absolute atomic E-state index is 0.209. The predicted octanol–water partition coefficient (Wildman–Crippen LogP) is 4.57. The van der Waals surface area contributed by atoms with Crippen molar-refractivity contribution in [2.45, 2.75) is 19.4 Å². The van der Waals surface area contributed by atoms with E-state index < -0.39 is 5.97 Å². The Morgan fingerprint density at radius 1 is 1.18 bits per heavy atom. The fourth-order valence-electron chi connectivity index (χ4n) is 3.43. The maximum atomic E-state index is 12.9. The lowest BCUT2D eigenvalue weighted by Gasteiger charge is -2.36. The number of aliphatic carboxylic acids is 1. The van der Waals surface area contributed by atoms with Crippen molar-refractivity contribution >= 4 is 27.4 Å². The maximum Gasteiger partial charge on any atom is 0.309 e. The summed E-state index contributed by atoms with van der Waals surface area (Å²) in [7, 11) is 0. The van der Waals surface area contributed by atoms with Crippen LogP contribution in [0.25, 0.3) is 10.1 Å². The van der Waals surface area contributed by atoms with Crippen molar-refractivity contribution in [3.05, 3.63) is 64.8 Å². The van der Waals surface area contributed by atoms with Gasteiger partial charge in [0.05, 0.1) is 12.5 Å². The lowest BCUT2D eigenvalue weighted by molar-refractivity contribution is -0.147. The van der Waals surface area contributed by atoms with Crippen LogP contribution in [0.3, 0.4) is 0 Å². The molecule has 2 aromatic carbocycles. The third-order valence-corrected chi connectivity index (χ3v) is 6.10. The average Bonchev–Trinajstić information content (AvgIpc) is 3.04. The number of hydrogen-bond donors (Lipinski definition) is 1. The molecule has 1 aliphatic heterocycles. The SMILES string of the molecule is O=C(O)C1CN(Cc2cc3ccc(OCCCc4ccc(F)cc4)cc3s2)C1. The lowest BCUT2D eigenvalue weighted by Crippen LogP contribution is -2.49.